The lowest BCUT2D eigenvalue weighted by Crippen LogP contribution is -2.17. The highest BCUT2D eigenvalue weighted by atomic mass is 16.1. The van der Waals surface area contributed by atoms with E-state index >= 15 is 0 Å². The number of carbonyl (C=O) groups excluding carboxylic acids is 1. The van der Waals surface area contributed by atoms with E-state index in [-0.39, 0.29) is 5.91 Å². The van der Waals surface area contributed by atoms with Crippen LogP contribution in [-0.2, 0) is 0 Å². The van der Waals surface area contributed by atoms with Crippen LogP contribution in [0.2, 0.25) is 0 Å². The molecule has 1 aliphatic carbocycles. The zero-order valence-corrected chi connectivity index (χ0v) is 16.0. The maximum atomic E-state index is 12.9. The van der Waals surface area contributed by atoms with Gasteiger partial charge in [0, 0.05) is 35.5 Å². The summed E-state index contributed by atoms with van der Waals surface area (Å²) >= 11 is 0. The lowest BCUT2D eigenvalue weighted by Gasteiger charge is -2.26. The van der Waals surface area contributed by atoms with Crippen molar-refractivity contribution in [1.82, 2.24) is 14.3 Å². The Hall–Kier alpha value is -2.82. The quantitative estimate of drug-likeness (QED) is 0.706. The SMILES string of the molecule is Cc1cc(C(=O)Nc2cccc(-n3cccn3)c2)c(C)n1C1CCCCC1. The van der Waals surface area contributed by atoms with Crippen LogP contribution in [0.4, 0.5) is 5.69 Å². The van der Waals surface area contributed by atoms with E-state index in [0.717, 1.165) is 22.6 Å². The van der Waals surface area contributed by atoms with E-state index in [2.05, 4.69) is 28.8 Å². The Kier molecular flexibility index (Phi) is 4.84. The minimum Gasteiger partial charge on any atom is -0.345 e. The van der Waals surface area contributed by atoms with Gasteiger partial charge in [-0.25, -0.2) is 4.68 Å². The molecule has 27 heavy (non-hydrogen) atoms. The van der Waals surface area contributed by atoms with Gasteiger partial charge in [0.15, 0.2) is 0 Å². The zero-order chi connectivity index (χ0) is 18.8. The number of hydrogen-bond donors (Lipinski definition) is 1. The van der Waals surface area contributed by atoms with E-state index in [1.807, 2.05) is 42.6 Å². The lowest BCUT2D eigenvalue weighted by atomic mass is 9.95. The van der Waals surface area contributed by atoms with Crippen LogP contribution >= 0.6 is 0 Å². The molecule has 1 aromatic carbocycles. The average molecular weight is 362 g/mol. The van der Waals surface area contributed by atoms with Crippen molar-refractivity contribution in [3.63, 3.8) is 0 Å². The van der Waals surface area contributed by atoms with E-state index in [9.17, 15) is 4.79 Å². The van der Waals surface area contributed by atoms with Crippen molar-refractivity contribution in [2.45, 2.75) is 52.0 Å². The molecule has 2 aromatic heterocycles. The first kappa shape index (κ1) is 17.6. The summed E-state index contributed by atoms with van der Waals surface area (Å²) in [5, 5.41) is 7.30. The van der Waals surface area contributed by atoms with Gasteiger partial charge in [-0.2, -0.15) is 5.10 Å². The maximum Gasteiger partial charge on any atom is 0.257 e. The van der Waals surface area contributed by atoms with E-state index in [1.165, 1.54) is 37.8 Å². The summed E-state index contributed by atoms with van der Waals surface area (Å²) in [7, 11) is 0. The summed E-state index contributed by atoms with van der Waals surface area (Å²) in [5.41, 5.74) is 4.71. The Balaban J connectivity index is 1.56. The fraction of sp³-hybridized carbons (Fsp3) is 0.364. The molecule has 0 atom stereocenters. The van der Waals surface area contributed by atoms with Crippen LogP contribution in [-0.4, -0.2) is 20.3 Å². The van der Waals surface area contributed by atoms with Crippen LogP contribution < -0.4 is 5.32 Å². The molecule has 2 heterocycles. The molecular formula is C22H26N4O. The summed E-state index contributed by atoms with van der Waals surface area (Å²) in [6.07, 6.45) is 9.94. The molecule has 140 valence electrons. The molecule has 1 N–H and O–H groups in total. The van der Waals surface area contributed by atoms with Gasteiger partial charge in [-0.3, -0.25) is 4.79 Å². The van der Waals surface area contributed by atoms with Crippen molar-refractivity contribution in [3.8, 4) is 5.69 Å². The van der Waals surface area contributed by atoms with Crippen molar-refractivity contribution < 1.29 is 4.79 Å². The average Bonchev–Trinajstić information content (AvgIpc) is 3.31. The fourth-order valence-corrected chi connectivity index (χ4v) is 4.25. The second-order valence-corrected chi connectivity index (χ2v) is 7.40. The number of aryl methyl sites for hydroxylation is 1. The molecule has 0 unspecified atom stereocenters. The standard InChI is InChI=1S/C22H26N4O/c1-16-14-21(17(2)26(16)19-9-4-3-5-10-19)22(27)24-18-8-6-11-20(15-18)25-13-7-12-23-25/h6-8,11-15,19H,3-5,9-10H2,1-2H3,(H,24,27). The third-order valence-corrected chi connectivity index (χ3v) is 5.54. The van der Waals surface area contributed by atoms with Crippen LogP contribution in [0.3, 0.4) is 0 Å². The zero-order valence-electron chi connectivity index (χ0n) is 16.0. The number of carbonyl (C=O) groups is 1. The Morgan fingerprint density at radius 1 is 1.11 bits per heavy atom. The molecule has 1 saturated carbocycles. The third-order valence-electron chi connectivity index (χ3n) is 5.54. The molecule has 1 aliphatic rings. The topological polar surface area (TPSA) is 51.9 Å². The monoisotopic (exact) mass is 362 g/mol. The number of aromatic nitrogens is 3. The largest absolute Gasteiger partial charge is 0.345 e. The summed E-state index contributed by atoms with van der Waals surface area (Å²) in [5.74, 6) is -0.0530. The Bertz CT molecular complexity index is 933. The van der Waals surface area contributed by atoms with E-state index in [0.29, 0.717) is 6.04 Å². The highest BCUT2D eigenvalue weighted by Crippen LogP contribution is 2.32. The molecular weight excluding hydrogens is 336 g/mol. The first-order chi connectivity index (χ1) is 13.1. The second kappa shape index (κ2) is 7.43. The normalized spacial score (nSPS) is 15.0. The molecule has 0 saturated heterocycles. The fourth-order valence-electron chi connectivity index (χ4n) is 4.25. The van der Waals surface area contributed by atoms with Gasteiger partial charge in [0.05, 0.1) is 11.3 Å². The minimum absolute atomic E-state index is 0.0530. The summed E-state index contributed by atoms with van der Waals surface area (Å²) in [6.45, 7) is 4.17. The Morgan fingerprint density at radius 2 is 1.93 bits per heavy atom. The first-order valence-electron chi connectivity index (χ1n) is 9.73. The van der Waals surface area contributed by atoms with E-state index in [4.69, 9.17) is 0 Å². The third kappa shape index (κ3) is 3.54. The molecule has 1 fully saturated rings. The number of rotatable bonds is 4. The molecule has 5 nitrogen and oxygen atoms in total. The maximum absolute atomic E-state index is 12.9. The minimum atomic E-state index is -0.0530. The predicted octanol–water partition coefficient (Wildman–Crippen LogP) is 5.05. The number of benzene rings is 1. The molecule has 0 radical (unpaired) electrons. The van der Waals surface area contributed by atoms with Crippen molar-refractivity contribution in [2.24, 2.45) is 0 Å². The van der Waals surface area contributed by atoms with Crippen LogP contribution in [0.1, 0.15) is 59.9 Å². The lowest BCUT2D eigenvalue weighted by molar-refractivity contribution is 0.102. The molecule has 1 amide bonds. The van der Waals surface area contributed by atoms with Crippen molar-refractivity contribution in [2.75, 3.05) is 5.32 Å². The van der Waals surface area contributed by atoms with Crippen LogP contribution in [0.5, 0.6) is 0 Å². The molecule has 0 spiro atoms. The van der Waals surface area contributed by atoms with Gasteiger partial charge in [0.25, 0.3) is 5.91 Å². The highest BCUT2D eigenvalue weighted by molar-refractivity contribution is 6.05. The number of nitrogens with zero attached hydrogens (tertiary/aromatic N) is 3. The van der Waals surface area contributed by atoms with Gasteiger partial charge in [-0.05, 0) is 57.0 Å². The Morgan fingerprint density at radius 3 is 2.67 bits per heavy atom. The van der Waals surface area contributed by atoms with Gasteiger partial charge in [0.2, 0.25) is 0 Å². The summed E-state index contributed by atoms with van der Waals surface area (Å²) in [6, 6.07) is 12.2. The molecule has 3 aromatic rings. The van der Waals surface area contributed by atoms with E-state index in [1.54, 1.807) is 10.9 Å². The molecule has 0 aliphatic heterocycles. The first-order valence-corrected chi connectivity index (χ1v) is 9.73. The second-order valence-electron chi connectivity index (χ2n) is 7.40. The van der Waals surface area contributed by atoms with Gasteiger partial charge in [-0.15, -0.1) is 0 Å². The van der Waals surface area contributed by atoms with Crippen LogP contribution in [0.25, 0.3) is 5.69 Å². The van der Waals surface area contributed by atoms with Gasteiger partial charge < -0.3 is 9.88 Å². The van der Waals surface area contributed by atoms with Gasteiger partial charge in [-0.1, -0.05) is 25.3 Å². The van der Waals surface area contributed by atoms with Crippen molar-refractivity contribution in [1.29, 1.82) is 0 Å². The number of anilines is 1. The predicted molar refractivity (Wildman–Crippen MR) is 108 cm³/mol. The summed E-state index contributed by atoms with van der Waals surface area (Å²) < 4.78 is 4.15. The number of nitrogens with one attached hydrogen (secondary N) is 1. The van der Waals surface area contributed by atoms with Crippen LogP contribution in [0.15, 0.2) is 48.8 Å². The highest BCUT2D eigenvalue weighted by Gasteiger charge is 2.22. The summed E-state index contributed by atoms with van der Waals surface area (Å²) in [4.78, 5) is 12.9. The van der Waals surface area contributed by atoms with Crippen molar-refractivity contribution in [3.05, 3.63) is 65.7 Å². The van der Waals surface area contributed by atoms with E-state index < -0.39 is 0 Å². The van der Waals surface area contributed by atoms with Gasteiger partial charge in [0.1, 0.15) is 0 Å². The van der Waals surface area contributed by atoms with Crippen molar-refractivity contribution >= 4 is 11.6 Å². The Labute approximate surface area is 160 Å². The smallest absolute Gasteiger partial charge is 0.257 e. The molecule has 4 rings (SSSR count). The van der Waals surface area contributed by atoms with Crippen LogP contribution in [0, 0.1) is 13.8 Å². The molecule has 5 heteroatoms. The number of amides is 1. The van der Waals surface area contributed by atoms with Gasteiger partial charge >= 0.3 is 0 Å². The molecule has 0 bridgehead atoms. The number of hydrogen-bond acceptors (Lipinski definition) is 2.